The number of likely N-dealkylation sites (tertiary alicyclic amines) is 1. The molecule has 7 aromatic rings. The SMILES string of the molecule is CC.CCc1nc(C)oc1C(=O)Nc1nc2cc(C(N)=O)cc(OC)c2n1C/C=C/Cn1c2nc(-c3cc(C)nn3CC)ncc2c2cc(C)cc(OCCC3CN(C(=O)CCN4C(=O)C=CC4=O)C3)c21.NC=O. The normalized spacial score (nSPS) is 13.4. The Kier molecular flexibility index (Phi) is 16.7. The molecule has 0 unspecified atom stereocenters. The number of primary amides is 2. The van der Waals surface area contributed by atoms with Crippen LogP contribution in [0.1, 0.15) is 84.3 Å². The molecule has 74 heavy (non-hydrogen) atoms. The van der Waals surface area contributed by atoms with Crippen LogP contribution in [-0.2, 0) is 45.2 Å². The van der Waals surface area contributed by atoms with Gasteiger partial charge in [-0.3, -0.25) is 43.7 Å². The van der Waals surface area contributed by atoms with Gasteiger partial charge in [0.2, 0.25) is 29.9 Å². The Bertz CT molecular complexity index is 3320. The molecule has 9 rings (SSSR count). The van der Waals surface area contributed by atoms with Crippen LogP contribution in [0.5, 0.6) is 11.5 Å². The molecule has 0 saturated carbocycles. The Labute approximate surface area is 426 Å². The van der Waals surface area contributed by atoms with E-state index in [0.29, 0.717) is 91.2 Å². The Hall–Kier alpha value is -8.69. The fourth-order valence-electron chi connectivity index (χ4n) is 9.00. The second-order valence-electron chi connectivity index (χ2n) is 17.3. The Morgan fingerprint density at radius 2 is 1.61 bits per heavy atom. The molecular formula is C52H61N13O9. The van der Waals surface area contributed by atoms with Crippen LogP contribution in [0.3, 0.4) is 0 Å². The number of hydrogen-bond acceptors (Lipinski definition) is 14. The van der Waals surface area contributed by atoms with E-state index in [1.54, 1.807) is 28.5 Å². The van der Waals surface area contributed by atoms with Crippen molar-refractivity contribution in [1.82, 2.24) is 48.7 Å². The molecule has 0 atom stereocenters. The highest BCUT2D eigenvalue weighted by atomic mass is 16.5. The number of hydrogen-bond donors (Lipinski definition) is 3. The summed E-state index contributed by atoms with van der Waals surface area (Å²) in [5.74, 6) is 0.308. The maximum Gasteiger partial charge on any atom is 0.295 e. The van der Waals surface area contributed by atoms with E-state index in [-0.39, 0.29) is 55.0 Å². The van der Waals surface area contributed by atoms with Gasteiger partial charge in [0.1, 0.15) is 28.4 Å². The summed E-state index contributed by atoms with van der Waals surface area (Å²) >= 11 is 0. The quantitative estimate of drug-likeness (QED) is 0.0538. The molecule has 2 aliphatic heterocycles. The molecule has 0 bridgehead atoms. The topological polar surface area (TPSA) is 284 Å². The lowest BCUT2D eigenvalue weighted by atomic mass is 9.96. The smallest absolute Gasteiger partial charge is 0.295 e. The van der Waals surface area contributed by atoms with Crippen LogP contribution in [0.2, 0.25) is 0 Å². The molecule has 0 aliphatic carbocycles. The van der Waals surface area contributed by atoms with E-state index in [1.807, 2.05) is 76.7 Å². The van der Waals surface area contributed by atoms with Gasteiger partial charge in [-0.2, -0.15) is 5.10 Å². The fourth-order valence-corrected chi connectivity index (χ4v) is 9.00. The largest absolute Gasteiger partial charge is 0.494 e. The van der Waals surface area contributed by atoms with E-state index < -0.39 is 23.6 Å². The summed E-state index contributed by atoms with van der Waals surface area (Å²) in [4.78, 5) is 93.2. The molecule has 7 heterocycles. The lowest BCUT2D eigenvalue weighted by molar-refractivity contribution is -0.140. The number of nitrogens with one attached hydrogen (secondary N) is 1. The second-order valence-corrected chi connectivity index (χ2v) is 17.3. The number of rotatable bonds is 18. The molecular weight excluding hydrogens is 951 g/mol. The molecule has 6 amide bonds. The number of nitrogens with zero attached hydrogens (tertiary/aromatic N) is 10. The van der Waals surface area contributed by atoms with Crippen molar-refractivity contribution in [2.75, 3.05) is 38.7 Å². The monoisotopic (exact) mass is 1010 g/mol. The van der Waals surface area contributed by atoms with Crippen LogP contribution in [0.15, 0.2) is 65.2 Å². The van der Waals surface area contributed by atoms with E-state index in [9.17, 15) is 24.0 Å². The third-order valence-corrected chi connectivity index (χ3v) is 12.4. The number of fused-ring (bicyclic) bond motifs is 4. The van der Waals surface area contributed by atoms with Crippen molar-refractivity contribution in [1.29, 1.82) is 0 Å². The summed E-state index contributed by atoms with van der Waals surface area (Å²) < 4.78 is 23.8. The van der Waals surface area contributed by atoms with Crippen LogP contribution in [0.25, 0.3) is 44.5 Å². The van der Waals surface area contributed by atoms with Gasteiger partial charge in [0.15, 0.2) is 11.7 Å². The first-order valence-electron chi connectivity index (χ1n) is 24.4. The lowest BCUT2D eigenvalue weighted by Gasteiger charge is -2.39. The number of nitrogens with two attached hydrogens (primary N) is 2. The van der Waals surface area contributed by atoms with Crippen molar-refractivity contribution in [2.45, 2.75) is 87.4 Å². The number of imidazole rings is 1. The van der Waals surface area contributed by atoms with E-state index in [0.717, 1.165) is 38.1 Å². The predicted octanol–water partition coefficient (Wildman–Crippen LogP) is 5.58. The zero-order valence-electron chi connectivity index (χ0n) is 42.8. The number of carbonyl (C=O) groups excluding carboxylic acids is 6. The van der Waals surface area contributed by atoms with Gasteiger partial charge in [0.25, 0.3) is 17.7 Å². The molecule has 22 nitrogen and oxygen atoms in total. The van der Waals surface area contributed by atoms with Crippen molar-refractivity contribution >= 4 is 74.9 Å². The molecule has 2 aromatic carbocycles. The average molecular weight is 1010 g/mol. The molecule has 5 N–H and O–H groups in total. The number of benzene rings is 2. The minimum absolute atomic E-state index is 0.0614. The highest BCUT2D eigenvalue weighted by Crippen LogP contribution is 2.37. The van der Waals surface area contributed by atoms with E-state index in [1.165, 1.54) is 19.3 Å². The summed E-state index contributed by atoms with van der Waals surface area (Å²) in [5.41, 5.74) is 15.6. The first kappa shape index (κ1) is 53.1. The standard InChI is InChI=1S/C49H52N12O8.C2H6.CH3NO/c1-7-34-44(69-29(5)52-34)48(66)55-49-53-35-22-31(45(50)65)23-37(67-6)43(35)60(49)16-10-9-15-59-42-32(33-24-51-46(54-47(33)59)36-21-28(4)56-61(36)8-2)19-27(3)20-38(42)68-18-14-30-25-57(26-30)39(62)13-17-58-40(63)11-12-41(58)64;1-2;2-1-3/h9-12,19-24,30H,7-8,13-18,25-26H2,1-6H3,(H2,50,65)(H,53,55,66);1-2H3;1H,(H2,2,3)/b10-9+;;. The number of allylic oxidation sites excluding steroid dienone is 2. The van der Waals surface area contributed by atoms with Crippen molar-refractivity contribution in [3.63, 3.8) is 0 Å². The summed E-state index contributed by atoms with van der Waals surface area (Å²) in [6, 6.07) is 9.18. The predicted molar refractivity (Wildman–Crippen MR) is 276 cm³/mol. The molecule has 5 aromatic heterocycles. The van der Waals surface area contributed by atoms with Crippen molar-refractivity contribution in [3.05, 3.63) is 95.0 Å². The number of methoxy groups -OCH3 is 1. The number of aromatic nitrogens is 8. The van der Waals surface area contributed by atoms with E-state index >= 15 is 0 Å². The van der Waals surface area contributed by atoms with Crippen LogP contribution < -0.4 is 26.3 Å². The van der Waals surface area contributed by atoms with Gasteiger partial charge in [0.05, 0.1) is 36.1 Å². The second kappa shape index (κ2) is 23.2. The lowest BCUT2D eigenvalue weighted by Crippen LogP contribution is -2.51. The summed E-state index contributed by atoms with van der Waals surface area (Å²) in [6.45, 7) is 16.3. The number of imide groups is 1. The Morgan fingerprint density at radius 3 is 2.27 bits per heavy atom. The van der Waals surface area contributed by atoms with Crippen molar-refractivity contribution in [2.24, 2.45) is 17.4 Å². The number of carbonyl (C=O) groups is 6. The van der Waals surface area contributed by atoms with Gasteiger partial charge in [-0.1, -0.05) is 32.9 Å². The fraction of sp³-hybridized carbons (Fsp3) is 0.365. The Balaban J connectivity index is 0.00000154. The van der Waals surface area contributed by atoms with Gasteiger partial charge in [-0.15, -0.1) is 0 Å². The van der Waals surface area contributed by atoms with Crippen LogP contribution >= 0.6 is 0 Å². The number of aryl methyl sites for hydroxylation is 5. The van der Waals surface area contributed by atoms with Crippen LogP contribution in [0.4, 0.5) is 5.95 Å². The summed E-state index contributed by atoms with van der Waals surface area (Å²) in [5, 5.41) is 9.29. The van der Waals surface area contributed by atoms with Crippen molar-refractivity contribution in [3.8, 4) is 23.0 Å². The van der Waals surface area contributed by atoms with Gasteiger partial charge in [-0.25, -0.2) is 19.9 Å². The van der Waals surface area contributed by atoms with Gasteiger partial charge < -0.3 is 39.4 Å². The van der Waals surface area contributed by atoms with Crippen molar-refractivity contribution < 1.29 is 42.7 Å². The van der Waals surface area contributed by atoms with Crippen LogP contribution in [-0.4, -0.2) is 118 Å². The summed E-state index contributed by atoms with van der Waals surface area (Å²) in [6.07, 6.45) is 9.74. The maximum atomic E-state index is 13.7. The first-order valence-corrected chi connectivity index (χ1v) is 24.4. The molecule has 22 heteroatoms. The zero-order valence-corrected chi connectivity index (χ0v) is 42.8. The average Bonchev–Trinajstić information content (AvgIpc) is 4.19. The van der Waals surface area contributed by atoms with Gasteiger partial charge in [0, 0.05) is 87.3 Å². The zero-order chi connectivity index (χ0) is 53.4. The number of ether oxygens (including phenoxy) is 2. The number of amides is 6. The minimum Gasteiger partial charge on any atom is -0.494 e. The molecule has 1 fully saturated rings. The molecule has 2 aliphatic rings. The third kappa shape index (κ3) is 11.0. The Morgan fingerprint density at radius 1 is 0.905 bits per heavy atom. The maximum absolute atomic E-state index is 13.7. The summed E-state index contributed by atoms with van der Waals surface area (Å²) in [7, 11) is 1.48. The molecule has 0 radical (unpaired) electrons. The number of anilines is 1. The highest BCUT2D eigenvalue weighted by molar-refractivity contribution is 6.13. The minimum atomic E-state index is -0.657. The number of oxazole rings is 1. The molecule has 1 saturated heterocycles. The third-order valence-electron chi connectivity index (χ3n) is 12.4. The van der Waals surface area contributed by atoms with E-state index in [2.05, 4.69) is 31.8 Å². The van der Waals surface area contributed by atoms with Gasteiger partial charge >= 0.3 is 0 Å². The van der Waals surface area contributed by atoms with E-state index in [4.69, 9.17) is 39.4 Å². The van der Waals surface area contributed by atoms with Crippen LogP contribution in [0, 0.1) is 26.7 Å². The molecule has 0 spiro atoms. The highest BCUT2D eigenvalue weighted by Gasteiger charge is 2.32. The first-order chi connectivity index (χ1) is 35.7. The van der Waals surface area contributed by atoms with Gasteiger partial charge in [-0.05, 0) is 75.4 Å². The molecule has 388 valence electrons.